The minimum atomic E-state index is -5.04. The summed E-state index contributed by atoms with van der Waals surface area (Å²) in [5, 5.41) is 11.2. The first-order valence-corrected chi connectivity index (χ1v) is 12.3. The van der Waals surface area contributed by atoms with Gasteiger partial charge < -0.3 is 10.1 Å². The van der Waals surface area contributed by atoms with Crippen LogP contribution in [0, 0.1) is 0 Å². The van der Waals surface area contributed by atoms with Crippen LogP contribution in [0.15, 0.2) is 71.9 Å². The normalized spacial score (nSPS) is 11.9. The maximum atomic E-state index is 13.1. The average Bonchev–Trinajstić information content (AvgIpc) is 3.31. The number of anilines is 1. The lowest BCUT2D eigenvalue weighted by atomic mass is 10.1. The van der Waals surface area contributed by atoms with Crippen LogP contribution in [-0.2, 0) is 17.1 Å². The number of benzene rings is 3. The number of nitrogens with zero attached hydrogens (tertiary/aromatic N) is 3. The number of halogens is 7. The van der Waals surface area contributed by atoms with Gasteiger partial charge in [0.15, 0.2) is 11.0 Å². The molecule has 0 unspecified atom stereocenters. The number of carbonyl (C=O) groups excluding carboxylic acids is 1. The Kier molecular flexibility index (Phi) is 8.12. The number of methoxy groups -OCH3 is 1. The summed E-state index contributed by atoms with van der Waals surface area (Å²) in [5.41, 5.74) is -2.48. The fraction of sp³-hybridized carbons (Fsp3) is 0.160. The van der Waals surface area contributed by atoms with Crippen molar-refractivity contribution in [3.8, 4) is 22.8 Å². The quantitative estimate of drug-likeness (QED) is 0.181. The Hall–Kier alpha value is -3.71. The summed E-state index contributed by atoms with van der Waals surface area (Å²) in [7, 11) is 1.50. The Labute approximate surface area is 226 Å². The maximum absolute atomic E-state index is 13.1. The smallest absolute Gasteiger partial charge is 0.416 e. The summed E-state index contributed by atoms with van der Waals surface area (Å²) < 4.78 is 85.8. The fourth-order valence-electron chi connectivity index (χ4n) is 3.49. The molecule has 0 atom stereocenters. The molecule has 4 rings (SSSR count). The number of carbonyl (C=O) groups is 1. The molecule has 1 amide bonds. The van der Waals surface area contributed by atoms with Gasteiger partial charge in [0.2, 0.25) is 5.91 Å². The molecule has 1 heterocycles. The van der Waals surface area contributed by atoms with Gasteiger partial charge in [0.25, 0.3) is 0 Å². The molecule has 0 saturated heterocycles. The van der Waals surface area contributed by atoms with E-state index in [4.69, 9.17) is 16.3 Å². The van der Waals surface area contributed by atoms with Gasteiger partial charge in [-0.1, -0.05) is 35.5 Å². The van der Waals surface area contributed by atoms with Crippen LogP contribution in [0.5, 0.6) is 5.75 Å². The number of alkyl halides is 6. The maximum Gasteiger partial charge on any atom is 0.416 e. The van der Waals surface area contributed by atoms with Crippen molar-refractivity contribution in [1.82, 2.24) is 14.8 Å². The summed E-state index contributed by atoms with van der Waals surface area (Å²) in [6, 6.07) is 14.5. The highest BCUT2D eigenvalue weighted by Gasteiger charge is 2.37. The van der Waals surface area contributed by atoms with Gasteiger partial charge in [0, 0.05) is 22.0 Å². The predicted octanol–water partition coefficient (Wildman–Crippen LogP) is 7.36. The van der Waals surface area contributed by atoms with E-state index in [-0.39, 0.29) is 17.0 Å². The van der Waals surface area contributed by atoms with Gasteiger partial charge in [-0.05, 0) is 54.6 Å². The SMILES string of the molecule is COc1cccc(-c2nnc(SCC(=O)Nc3cc(C(F)(F)F)cc(C(F)(F)F)c3)n2-c2ccc(Cl)cc2)c1. The molecule has 0 aliphatic heterocycles. The Bertz CT molecular complexity index is 1460. The van der Waals surface area contributed by atoms with Crippen LogP contribution in [0.4, 0.5) is 32.0 Å². The van der Waals surface area contributed by atoms with E-state index < -0.39 is 35.1 Å². The Morgan fingerprint density at radius 2 is 1.59 bits per heavy atom. The standard InChI is InChI=1S/C25H17ClF6N4O2S/c1-38-20-4-2-3-14(9-20)22-34-35-23(36(22)19-7-5-17(26)6-8-19)39-13-21(37)33-18-11-15(24(27,28)29)10-16(12-18)25(30,31)32/h2-12H,13H2,1H3,(H,33,37). The molecule has 0 radical (unpaired) electrons. The molecule has 0 bridgehead atoms. The van der Waals surface area contributed by atoms with E-state index in [0.717, 1.165) is 11.8 Å². The van der Waals surface area contributed by atoms with Crippen LogP contribution >= 0.6 is 23.4 Å². The van der Waals surface area contributed by atoms with Gasteiger partial charge in [-0.3, -0.25) is 9.36 Å². The number of rotatable bonds is 7. The Balaban J connectivity index is 1.61. The molecule has 39 heavy (non-hydrogen) atoms. The van der Waals surface area contributed by atoms with Crippen molar-refractivity contribution in [3.05, 3.63) is 82.9 Å². The number of nitrogens with one attached hydrogen (secondary N) is 1. The van der Waals surface area contributed by atoms with Crippen molar-refractivity contribution in [2.45, 2.75) is 17.5 Å². The summed E-state index contributed by atoms with van der Waals surface area (Å²) in [6.07, 6.45) is -10.1. The molecule has 1 N–H and O–H groups in total. The van der Waals surface area contributed by atoms with Gasteiger partial charge in [-0.25, -0.2) is 0 Å². The van der Waals surface area contributed by atoms with E-state index in [1.807, 2.05) is 0 Å². The first-order valence-electron chi connectivity index (χ1n) is 10.9. The monoisotopic (exact) mass is 586 g/mol. The van der Waals surface area contributed by atoms with E-state index >= 15 is 0 Å². The number of thioether (sulfide) groups is 1. The second kappa shape index (κ2) is 11.2. The van der Waals surface area contributed by atoms with Crippen molar-refractivity contribution < 1.29 is 35.9 Å². The first-order chi connectivity index (χ1) is 18.3. The molecule has 204 valence electrons. The minimum absolute atomic E-state index is 0.0148. The van der Waals surface area contributed by atoms with Crippen LogP contribution in [-0.4, -0.2) is 33.5 Å². The third kappa shape index (κ3) is 6.84. The van der Waals surface area contributed by atoms with Gasteiger partial charge in [0.1, 0.15) is 5.75 Å². The molecule has 14 heteroatoms. The van der Waals surface area contributed by atoms with E-state index in [1.54, 1.807) is 53.1 Å². The molecule has 0 saturated carbocycles. The number of hydrogen-bond donors (Lipinski definition) is 1. The van der Waals surface area contributed by atoms with Crippen LogP contribution in [0.3, 0.4) is 0 Å². The number of amides is 1. The van der Waals surface area contributed by atoms with Crippen molar-refractivity contribution in [2.24, 2.45) is 0 Å². The zero-order valence-corrected chi connectivity index (χ0v) is 21.3. The van der Waals surface area contributed by atoms with E-state index in [1.165, 1.54) is 7.11 Å². The number of ether oxygens (including phenoxy) is 1. The van der Waals surface area contributed by atoms with Crippen LogP contribution in [0.1, 0.15) is 11.1 Å². The lowest BCUT2D eigenvalue weighted by molar-refractivity contribution is -0.143. The van der Waals surface area contributed by atoms with Gasteiger partial charge >= 0.3 is 12.4 Å². The summed E-state index contributed by atoms with van der Waals surface area (Å²) in [5.74, 6) is -0.277. The van der Waals surface area contributed by atoms with E-state index in [9.17, 15) is 31.1 Å². The highest BCUT2D eigenvalue weighted by atomic mass is 35.5. The molecular weight excluding hydrogens is 570 g/mol. The third-order valence-corrected chi connectivity index (χ3v) is 6.43. The lowest BCUT2D eigenvalue weighted by Gasteiger charge is -2.15. The van der Waals surface area contributed by atoms with Crippen molar-refractivity contribution in [3.63, 3.8) is 0 Å². The zero-order chi connectivity index (χ0) is 28.4. The van der Waals surface area contributed by atoms with Crippen molar-refractivity contribution in [1.29, 1.82) is 0 Å². The molecule has 0 fully saturated rings. The Morgan fingerprint density at radius 1 is 0.949 bits per heavy atom. The van der Waals surface area contributed by atoms with Crippen molar-refractivity contribution >= 4 is 35.0 Å². The molecule has 6 nitrogen and oxygen atoms in total. The third-order valence-electron chi connectivity index (χ3n) is 5.25. The zero-order valence-electron chi connectivity index (χ0n) is 19.8. The summed E-state index contributed by atoms with van der Waals surface area (Å²) >= 11 is 6.90. The highest BCUT2D eigenvalue weighted by molar-refractivity contribution is 7.99. The van der Waals surface area contributed by atoms with Crippen LogP contribution in [0.2, 0.25) is 5.02 Å². The molecule has 3 aromatic carbocycles. The second-order valence-corrected chi connectivity index (χ2v) is 9.36. The van der Waals surface area contributed by atoms with Gasteiger partial charge in [0.05, 0.1) is 24.0 Å². The number of hydrogen-bond acceptors (Lipinski definition) is 5. The van der Waals surface area contributed by atoms with E-state index in [2.05, 4.69) is 15.5 Å². The van der Waals surface area contributed by atoms with Crippen LogP contribution < -0.4 is 10.1 Å². The molecule has 0 aliphatic rings. The fourth-order valence-corrected chi connectivity index (χ4v) is 4.37. The molecular formula is C25H17ClF6N4O2S. The average molecular weight is 587 g/mol. The number of aromatic nitrogens is 3. The Morgan fingerprint density at radius 3 is 2.18 bits per heavy atom. The molecule has 4 aromatic rings. The molecule has 1 aromatic heterocycles. The lowest BCUT2D eigenvalue weighted by Crippen LogP contribution is -2.17. The molecule has 0 spiro atoms. The predicted molar refractivity (Wildman–Crippen MR) is 134 cm³/mol. The van der Waals surface area contributed by atoms with Crippen molar-refractivity contribution in [2.75, 3.05) is 18.2 Å². The van der Waals surface area contributed by atoms with Gasteiger partial charge in [-0.15, -0.1) is 10.2 Å². The van der Waals surface area contributed by atoms with Gasteiger partial charge in [-0.2, -0.15) is 26.3 Å². The topological polar surface area (TPSA) is 69.0 Å². The second-order valence-electron chi connectivity index (χ2n) is 7.98. The largest absolute Gasteiger partial charge is 0.497 e. The van der Waals surface area contributed by atoms with Crippen LogP contribution in [0.25, 0.3) is 17.1 Å². The molecule has 0 aliphatic carbocycles. The summed E-state index contributed by atoms with van der Waals surface area (Å²) in [6.45, 7) is 0. The summed E-state index contributed by atoms with van der Waals surface area (Å²) in [4.78, 5) is 12.6. The first kappa shape index (κ1) is 28.3. The minimum Gasteiger partial charge on any atom is -0.497 e. The highest BCUT2D eigenvalue weighted by Crippen LogP contribution is 2.38. The van der Waals surface area contributed by atoms with E-state index in [0.29, 0.717) is 40.0 Å².